The number of halogens is 3. The molecule has 0 saturated carbocycles. The number of nitrogens with two attached hydrogens (primary N) is 1. The summed E-state index contributed by atoms with van der Waals surface area (Å²) in [6, 6.07) is 25.6. The monoisotopic (exact) mass is 474 g/mol. The second-order valence-electron chi connectivity index (χ2n) is 7.11. The summed E-state index contributed by atoms with van der Waals surface area (Å²) in [4.78, 5) is 20.2. The maximum absolute atomic E-state index is 11.3. The van der Waals surface area contributed by atoms with E-state index in [-0.39, 0.29) is 0 Å². The fourth-order valence-electron chi connectivity index (χ4n) is 2.84. The standard InChI is InChI=1S/C23H24N2O2.C2HF3O2/c24-23(26)21-8-4-7-20(17-21)19-9-11-22(12-10-19)27-16-15-25-14-13-18-5-2-1-3-6-18;3-2(4,5)1(6)7/h1-12,17,25H,13-16H2,(H2,24,26);(H,6,7). The van der Waals surface area contributed by atoms with Gasteiger partial charge in [0.25, 0.3) is 0 Å². The zero-order valence-corrected chi connectivity index (χ0v) is 18.2. The van der Waals surface area contributed by atoms with Crippen LogP contribution in [0, 0.1) is 0 Å². The van der Waals surface area contributed by atoms with Crippen LogP contribution in [0.2, 0.25) is 0 Å². The molecule has 0 aliphatic carbocycles. The molecule has 34 heavy (non-hydrogen) atoms. The number of hydrogen-bond donors (Lipinski definition) is 3. The highest BCUT2D eigenvalue weighted by atomic mass is 19.4. The van der Waals surface area contributed by atoms with Gasteiger partial charge in [0.2, 0.25) is 5.91 Å². The zero-order valence-electron chi connectivity index (χ0n) is 18.2. The van der Waals surface area contributed by atoms with Gasteiger partial charge in [-0.3, -0.25) is 4.79 Å². The molecule has 3 aromatic carbocycles. The highest BCUT2D eigenvalue weighted by Crippen LogP contribution is 2.23. The first-order valence-corrected chi connectivity index (χ1v) is 10.3. The molecule has 0 aliphatic heterocycles. The van der Waals surface area contributed by atoms with E-state index in [9.17, 15) is 18.0 Å². The first-order valence-electron chi connectivity index (χ1n) is 10.3. The number of carboxylic acids is 1. The molecule has 0 atom stereocenters. The summed E-state index contributed by atoms with van der Waals surface area (Å²) >= 11 is 0. The lowest BCUT2D eigenvalue weighted by Crippen LogP contribution is -2.23. The topological polar surface area (TPSA) is 102 Å². The van der Waals surface area contributed by atoms with Gasteiger partial charge in [0.05, 0.1) is 0 Å². The summed E-state index contributed by atoms with van der Waals surface area (Å²) in [7, 11) is 0. The Balaban J connectivity index is 0.000000509. The second-order valence-corrected chi connectivity index (χ2v) is 7.11. The predicted octanol–water partition coefficient (Wildman–Crippen LogP) is 4.30. The van der Waals surface area contributed by atoms with Crippen LogP contribution in [-0.4, -0.2) is 42.9 Å². The van der Waals surface area contributed by atoms with Crippen molar-refractivity contribution in [2.75, 3.05) is 19.7 Å². The zero-order chi connectivity index (χ0) is 25.0. The lowest BCUT2D eigenvalue weighted by atomic mass is 10.0. The Morgan fingerprint density at radius 3 is 2.12 bits per heavy atom. The summed E-state index contributed by atoms with van der Waals surface area (Å²) < 4.78 is 37.5. The molecule has 0 unspecified atom stereocenters. The summed E-state index contributed by atoms with van der Waals surface area (Å²) in [6.45, 7) is 2.35. The maximum Gasteiger partial charge on any atom is 0.490 e. The summed E-state index contributed by atoms with van der Waals surface area (Å²) in [6.07, 6.45) is -4.07. The SMILES string of the molecule is NC(=O)c1cccc(-c2ccc(OCCNCCc3ccccc3)cc2)c1.O=C(O)C(F)(F)F. The van der Waals surface area contributed by atoms with Crippen LogP contribution in [0.25, 0.3) is 11.1 Å². The van der Waals surface area contributed by atoms with E-state index in [4.69, 9.17) is 20.4 Å². The van der Waals surface area contributed by atoms with Gasteiger partial charge in [-0.25, -0.2) is 4.79 Å². The Bertz CT molecular complexity index is 1060. The highest BCUT2D eigenvalue weighted by Gasteiger charge is 2.38. The van der Waals surface area contributed by atoms with Gasteiger partial charge in [-0.2, -0.15) is 13.2 Å². The average Bonchev–Trinajstić information content (AvgIpc) is 2.82. The lowest BCUT2D eigenvalue weighted by Gasteiger charge is -2.09. The Kier molecular flexibility index (Phi) is 10.1. The minimum atomic E-state index is -5.08. The lowest BCUT2D eigenvalue weighted by molar-refractivity contribution is -0.192. The Morgan fingerprint density at radius 2 is 1.53 bits per heavy atom. The fourth-order valence-corrected chi connectivity index (χ4v) is 2.84. The number of alkyl halides is 3. The minimum absolute atomic E-state index is 0.420. The largest absolute Gasteiger partial charge is 0.492 e. The van der Waals surface area contributed by atoms with Crippen molar-refractivity contribution in [1.82, 2.24) is 5.32 Å². The summed E-state index contributed by atoms with van der Waals surface area (Å²) in [5.74, 6) is -2.35. The number of aliphatic carboxylic acids is 1. The molecule has 0 bridgehead atoms. The number of carbonyl (C=O) groups is 2. The molecule has 3 aromatic rings. The van der Waals surface area contributed by atoms with Crippen LogP contribution in [0.5, 0.6) is 5.75 Å². The molecule has 180 valence electrons. The second kappa shape index (κ2) is 13.0. The molecule has 1 amide bonds. The number of carbonyl (C=O) groups excluding carboxylic acids is 1. The van der Waals surface area contributed by atoms with Crippen molar-refractivity contribution >= 4 is 11.9 Å². The molecule has 0 heterocycles. The Labute approximate surface area is 195 Å². The number of hydrogen-bond acceptors (Lipinski definition) is 4. The third-order valence-corrected chi connectivity index (χ3v) is 4.56. The van der Waals surface area contributed by atoms with Crippen LogP contribution < -0.4 is 15.8 Å². The Hall–Kier alpha value is -3.85. The first-order chi connectivity index (χ1) is 16.2. The van der Waals surface area contributed by atoms with Crippen molar-refractivity contribution < 1.29 is 32.6 Å². The molecule has 0 spiro atoms. The van der Waals surface area contributed by atoms with Crippen LogP contribution >= 0.6 is 0 Å². The first kappa shape index (κ1) is 26.4. The van der Waals surface area contributed by atoms with E-state index in [0.717, 1.165) is 36.4 Å². The predicted molar refractivity (Wildman–Crippen MR) is 123 cm³/mol. The summed E-state index contributed by atoms with van der Waals surface area (Å²) in [5.41, 5.74) is 9.16. The van der Waals surface area contributed by atoms with E-state index in [2.05, 4.69) is 29.6 Å². The van der Waals surface area contributed by atoms with E-state index < -0.39 is 18.1 Å². The van der Waals surface area contributed by atoms with Gasteiger partial charge in [-0.1, -0.05) is 54.6 Å². The molecule has 9 heteroatoms. The molecule has 4 N–H and O–H groups in total. The maximum atomic E-state index is 11.3. The van der Waals surface area contributed by atoms with Crippen molar-refractivity contribution in [3.05, 3.63) is 90.0 Å². The van der Waals surface area contributed by atoms with Gasteiger partial charge >= 0.3 is 12.1 Å². The van der Waals surface area contributed by atoms with Crippen molar-refractivity contribution in [3.63, 3.8) is 0 Å². The molecule has 0 saturated heterocycles. The fraction of sp³-hybridized carbons (Fsp3) is 0.200. The van der Waals surface area contributed by atoms with Gasteiger partial charge in [0.15, 0.2) is 0 Å². The van der Waals surface area contributed by atoms with Crippen LogP contribution in [0.15, 0.2) is 78.9 Å². The van der Waals surface area contributed by atoms with Gasteiger partial charge in [-0.05, 0) is 53.9 Å². The number of benzene rings is 3. The van der Waals surface area contributed by atoms with Gasteiger partial charge in [0.1, 0.15) is 12.4 Å². The molecule has 0 fully saturated rings. The highest BCUT2D eigenvalue weighted by molar-refractivity contribution is 5.94. The van der Waals surface area contributed by atoms with Crippen LogP contribution in [0.1, 0.15) is 15.9 Å². The Morgan fingerprint density at radius 1 is 0.882 bits per heavy atom. The van der Waals surface area contributed by atoms with E-state index in [1.807, 2.05) is 42.5 Å². The number of amides is 1. The minimum Gasteiger partial charge on any atom is -0.492 e. The number of carboxylic acid groups (broad SMARTS) is 1. The van der Waals surface area contributed by atoms with Crippen LogP contribution in [-0.2, 0) is 11.2 Å². The summed E-state index contributed by atoms with van der Waals surface area (Å²) in [5, 5.41) is 10.5. The van der Waals surface area contributed by atoms with Crippen molar-refractivity contribution in [1.29, 1.82) is 0 Å². The number of rotatable bonds is 9. The number of nitrogens with one attached hydrogen (secondary N) is 1. The molecule has 0 radical (unpaired) electrons. The van der Waals surface area contributed by atoms with E-state index in [0.29, 0.717) is 12.2 Å². The average molecular weight is 474 g/mol. The normalized spacial score (nSPS) is 10.7. The molecular formula is C25H25F3N2O4. The number of primary amides is 1. The smallest absolute Gasteiger partial charge is 0.490 e. The molecule has 6 nitrogen and oxygen atoms in total. The van der Waals surface area contributed by atoms with E-state index in [1.165, 1.54) is 5.56 Å². The van der Waals surface area contributed by atoms with E-state index in [1.54, 1.807) is 12.1 Å². The van der Waals surface area contributed by atoms with Gasteiger partial charge < -0.3 is 20.9 Å². The molecule has 3 rings (SSSR count). The van der Waals surface area contributed by atoms with Gasteiger partial charge in [0, 0.05) is 12.1 Å². The van der Waals surface area contributed by atoms with Crippen molar-refractivity contribution in [2.24, 2.45) is 5.73 Å². The van der Waals surface area contributed by atoms with Crippen LogP contribution in [0.4, 0.5) is 13.2 Å². The molecular weight excluding hydrogens is 449 g/mol. The number of ether oxygens (including phenoxy) is 1. The van der Waals surface area contributed by atoms with E-state index >= 15 is 0 Å². The van der Waals surface area contributed by atoms with Crippen molar-refractivity contribution in [3.8, 4) is 16.9 Å². The van der Waals surface area contributed by atoms with Crippen molar-refractivity contribution in [2.45, 2.75) is 12.6 Å². The molecule has 0 aromatic heterocycles. The van der Waals surface area contributed by atoms with Gasteiger partial charge in [-0.15, -0.1) is 0 Å². The molecule has 0 aliphatic rings. The van der Waals surface area contributed by atoms with Crippen LogP contribution in [0.3, 0.4) is 0 Å². The third-order valence-electron chi connectivity index (χ3n) is 4.56. The third kappa shape index (κ3) is 9.33. The quantitative estimate of drug-likeness (QED) is 0.402.